The molecule has 2 rings (SSSR count). The van der Waals surface area contributed by atoms with E-state index in [1.54, 1.807) is 0 Å². The van der Waals surface area contributed by atoms with Gasteiger partial charge in [0.1, 0.15) is 11.6 Å². The summed E-state index contributed by atoms with van der Waals surface area (Å²) >= 11 is 0. The van der Waals surface area contributed by atoms with E-state index in [-0.39, 0.29) is 23.9 Å². The van der Waals surface area contributed by atoms with Crippen LogP contribution in [-0.2, 0) is 9.59 Å². The first-order chi connectivity index (χ1) is 8.82. The lowest BCUT2D eigenvalue weighted by Gasteiger charge is -2.27. The fourth-order valence-corrected chi connectivity index (χ4v) is 3.33. The van der Waals surface area contributed by atoms with E-state index in [4.69, 9.17) is 0 Å². The van der Waals surface area contributed by atoms with Crippen molar-refractivity contribution in [2.75, 3.05) is 0 Å². The SMILES string of the molecule is Cc1c(C)c(C)c(C2CC(=O)CC(=O)C2)c(C)c1C. The molecule has 0 bridgehead atoms. The second-order valence-corrected chi connectivity index (χ2v) is 5.90. The van der Waals surface area contributed by atoms with Crippen LogP contribution >= 0.6 is 0 Å². The minimum atomic E-state index is 0.0896. The Morgan fingerprint density at radius 1 is 0.684 bits per heavy atom. The summed E-state index contributed by atoms with van der Waals surface area (Å²) in [6, 6.07) is 0. The third-order valence-corrected chi connectivity index (χ3v) is 4.81. The number of benzene rings is 1. The summed E-state index contributed by atoms with van der Waals surface area (Å²) < 4.78 is 0. The molecule has 0 radical (unpaired) electrons. The van der Waals surface area contributed by atoms with Gasteiger partial charge in [-0.1, -0.05) is 0 Å². The van der Waals surface area contributed by atoms with Crippen molar-refractivity contribution in [3.05, 3.63) is 33.4 Å². The van der Waals surface area contributed by atoms with Crippen LogP contribution in [0, 0.1) is 34.6 Å². The van der Waals surface area contributed by atoms with Crippen molar-refractivity contribution < 1.29 is 9.59 Å². The lowest BCUT2D eigenvalue weighted by Crippen LogP contribution is -2.23. The standard InChI is InChI=1S/C17H22O2/c1-9-10(2)12(4)17(13(5)11(9)3)14-6-15(18)8-16(19)7-14/h14H,6-8H2,1-5H3. The van der Waals surface area contributed by atoms with Crippen molar-refractivity contribution in [2.24, 2.45) is 0 Å². The smallest absolute Gasteiger partial charge is 0.140 e. The molecule has 0 unspecified atom stereocenters. The first kappa shape index (κ1) is 14.0. The molecule has 0 atom stereocenters. The van der Waals surface area contributed by atoms with Crippen molar-refractivity contribution in [2.45, 2.75) is 59.8 Å². The van der Waals surface area contributed by atoms with Crippen LogP contribution in [0.5, 0.6) is 0 Å². The van der Waals surface area contributed by atoms with Gasteiger partial charge in [0, 0.05) is 12.8 Å². The van der Waals surface area contributed by atoms with Gasteiger partial charge in [-0.2, -0.15) is 0 Å². The zero-order chi connectivity index (χ0) is 14.3. The molecule has 0 amide bonds. The van der Waals surface area contributed by atoms with Crippen molar-refractivity contribution in [1.29, 1.82) is 0 Å². The predicted molar refractivity (Wildman–Crippen MR) is 76.7 cm³/mol. The molecule has 0 saturated heterocycles. The topological polar surface area (TPSA) is 34.1 Å². The molecule has 2 heteroatoms. The fraction of sp³-hybridized carbons (Fsp3) is 0.529. The first-order valence-electron chi connectivity index (χ1n) is 6.93. The molecule has 2 nitrogen and oxygen atoms in total. The molecule has 19 heavy (non-hydrogen) atoms. The van der Waals surface area contributed by atoms with Gasteiger partial charge in [-0.25, -0.2) is 0 Å². The highest BCUT2D eigenvalue weighted by molar-refractivity contribution is 6.02. The van der Waals surface area contributed by atoms with E-state index in [1.165, 1.54) is 33.4 Å². The van der Waals surface area contributed by atoms with Gasteiger partial charge in [0.2, 0.25) is 0 Å². The third kappa shape index (κ3) is 2.36. The van der Waals surface area contributed by atoms with E-state index in [9.17, 15) is 9.59 Å². The molecule has 0 spiro atoms. The van der Waals surface area contributed by atoms with Crippen LogP contribution in [0.1, 0.15) is 58.6 Å². The summed E-state index contributed by atoms with van der Waals surface area (Å²) in [5.74, 6) is 0.276. The Morgan fingerprint density at radius 3 is 1.47 bits per heavy atom. The highest BCUT2D eigenvalue weighted by atomic mass is 16.1. The molecular formula is C17H22O2. The van der Waals surface area contributed by atoms with Crippen LogP contribution < -0.4 is 0 Å². The lowest BCUT2D eigenvalue weighted by atomic mass is 9.76. The third-order valence-electron chi connectivity index (χ3n) is 4.81. The quantitative estimate of drug-likeness (QED) is 0.721. The maximum atomic E-state index is 11.7. The van der Waals surface area contributed by atoms with Gasteiger partial charge in [-0.05, 0) is 73.9 Å². The highest BCUT2D eigenvalue weighted by Crippen LogP contribution is 2.37. The van der Waals surface area contributed by atoms with Gasteiger partial charge in [-0.3, -0.25) is 9.59 Å². The van der Waals surface area contributed by atoms with E-state index in [1.807, 2.05) is 0 Å². The van der Waals surface area contributed by atoms with Crippen LogP contribution in [0.15, 0.2) is 0 Å². The van der Waals surface area contributed by atoms with Crippen LogP contribution in [0.2, 0.25) is 0 Å². The molecular weight excluding hydrogens is 236 g/mol. The van der Waals surface area contributed by atoms with Gasteiger partial charge in [0.05, 0.1) is 6.42 Å². The lowest BCUT2D eigenvalue weighted by molar-refractivity contribution is -0.130. The number of carbonyl (C=O) groups is 2. The number of hydrogen-bond donors (Lipinski definition) is 0. The first-order valence-corrected chi connectivity index (χ1v) is 6.93. The Balaban J connectivity index is 2.56. The number of hydrogen-bond acceptors (Lipinski definition) is 2. The number of Topliss-reactive ketones (excluding diaryl/α,β-unsaturated/α-hetero) is 2. The average molecular weight is 258 g/mol. The Morgan fingerprint density at radius 2 is 1.05 bits per heavy atom. The fourth-order valence-electron chi connectivity index (χ4n) is 3.33. The molecule has 0 N–H and O–H groups in total. The molecule has 1 aromatic carbocycles. The van der Waals surface area contributed by atoms with Crippen LogP contribution in [0.4, 0.5) is 0 Å². The van der Waals surface area contributed by atoms with Gasteiger partial charge in [0.15, 0.2) is 0 Å². The molecule has 0 aromatic heterocycles. The minimum absolute atomic E-state index is 0.0896. The minimum Gasteiger partial charge on any atom is -0.299 e. The number of carbonyl (C=O) groups excluding carboxylic acids is 2. The summed E-state index contributed by atoms with van der Waals surface area (Å²) in [5.41, 5.74) is 7.67. The van der Waals surface area contributed by atoms with E-state index in [0.717, 1.165) is 0 Å². The number of rotatable bonds is 1. The van der Waals surface area contributed by atoms with Gasteiger partial charge < -0.3 is 0 Å². The average Bonchev–Trinajstić information content (AvgIpc) is 2.33. The van der Waals surface area contributed by atoms with Crippen molar-refractivity contribution in [1.82, 2.24) is 0 Å². The van der Waals surface area contributed by atoms with E-state index < -0.39 is 0 Å². The van der Waals surface area contributed by atoms with Crippen LogP contribution in [0.25, 0.3) is 0 Å². The zero-order valence-corrected chi connectivity index (χ0v) is 12.5. The largest absolute Gasteiger partial charge is 0.299 e. The van der Waals surface area contributed by atoms with Gasteiger partial charge >= 0.3 is 0 Å². The normalized spacial score (nSPS) is 17.1. The predicted octanol–water partition coefficient (Wildman–Crippen LogP) is 3.63. The highest BCUT2D eigenvalue weighted by Gasteiger charge is 2.29. The van der Waals surface area contributed by atoms with Crippen molar-refractivity contribution in [3.63, 3.8) is 0 Å². The summed E-state index contributed by atoms with van der Waals surface area (Å²) in [6.45, 7) is 10.6. The molecule has 1 saturated carbocycles. The second-order valence-electron chi connectivity index (χ2n) is 5.90. The second kappa shape index (κ2) is 4.92. The van der Waals surface area contributed by atoms with E-state index in [2.05, 4.69) is 34.6 Å². The molecule has 1 fully saturated rings. The summed E-state index contributed by atoms with van der Waals surface area (Å²) in [5, 5.41) is 0. The molecule has 0 aliphatic heterocycles. The summed E-state index contributed by atoms with van der Waals surface area (Å²) in [7, 11) is 0. The monoisotopic (exact) mass is 258 g/mol. The molecule has 102 valence electrons. The van der Waals surface area contributed by atoms with Crippen LogP contribution in [-0.4, -0.2) is 11.6 Å². The van der Waals surface area contributed by atoms with Gasteiger partial charge in [0.25, 0.3) is 0 Å². The Bertz CT molecular complexity index is 522. The van der Waals surface area contributed by atoms with E-state index in [0.29, 0.717) is 12.8 Å². The van der Waals surface area contributed by atoms with Crippen molar-refractivity contribution in [3.8, 4) is 0 Å². The molecule has 1 aliphatic carbocycles. The maximum absolute atomic E-state index is 11.7. The Kier molecular flexibility index (Phi) is 3.62. The zero-order valence-electron chi connectivity index (χ0n) is 12.5. The molecule has 1 aromatic rings. The molecule has 1 aliphatic rings. The Hall–Kier alpha value is -1.44. The van der Waals surface area contributed by atoms with Crippen molar-refractivity contribution >= 4 is 11.6 Å². The summed E-state index contributed by atoms with van der Waals surface area (Å²) in [4.78, 5) is 23.4. The van der Waals surface area contributed by atoms with E-state index >= 15 is 0 Å². The van der Waals surface area contributed by atoms with Crippen LogP contribution in [0.3, 0.4) is 0 Å². The summed E-state index contributed by atoms with van der Waals surface area (Å²) in [6.07, 6.45) is 1.18. The number of ketones is 2. The Labute approximate surface area is 115 Å². The maximum Gasteiger partial charge on any atom is 0.140 e. The van der Waals surface area contributed by atoms with Gasteiger partial charge in [-0.15, -0.1) is 0 Å². The molecule has 0 heterocycles.